The van der Waals surface area contributed by atoms with E-state index in [4.69, 9.17) is 0 Å². The Labute approximate surface area is 172 Å². The third kappa shape index (κ3) is 4.05. The van der Waals surface area contributed by atoms with Gasteiger partial charge in [0.1, 0.15) is 6.04 Å². The number of fused-ring (bicyclic) bond motifs is 3. The molecule has 1 heterocycles. The number of nitrogens with zero attached hydrogens (tertiary/aromatic N) is 1. The van der Waals surface area contributed by atoms with Crippen molar-refractivity contribution in [1.82, 2.24) is 9.88 Å². The zero-order chi connectivity index (χ0) is 20.4. The van der Waals surface area contributed by atoms with Crippen LogP contribution in [0.3, 0.4) is 0 Å². The minimum absolute atomic E-state index is 0.141. The van der Waals surface area contributed by atoms with Crippen molar-refractivity contribution in [3.63, 3.8) is 0 Å². The van der Waals surface area contributed by atoms with Crippen LogP contribution in [0.25, 0.3) is 10.9 Å². The number of aliphatic carboxylic acids is 1. The number of hydrogen-bond acceptors (Lipinski definition) is 2. The van der Waals surface area contributed by atoms with Gasteiger partial charge in [-0.25, -0.2) is 4.79 Å². The van der Waals surface area contributed by atoms with Gasteiger partial charge >= 0.3 is 5.97 Å². The molecular formula is C24H32N2O3. The van der Waals surface area contributed by atoms with Crippen molar-refractivity contribution < 1.29 is 14.7 Å². The summed E-state index contributed by atoms with van der Waals surface area (Å²) in [5.74, 6) is 0.128. The van der Waals surface area contributed by atoms with Crippen LogP contribution in [0.5, 0.6) is 0 Å². The number of rotatable bonds is 7. The number of carbonyl (C=O) groups excluding carboxylic acids is 1. The second-order valence-electron chi connectivity index (χ2n) is 8.77. The summed E-state index contributed by atoms with van der Waals surface area (Å²) in [6.45, 7) is 1.93. The van der Waals surface area contributed by atoms with E-state index in [-0.39, 0.29) is 11.9 Å². The first kappa shape index (κ1) is 20.0. The lowest BCUT2D eigenvalue weighted by Crippen LogP contribution is -2.39. The standard InChI is InChI=1S/C24H32N2O3/c1-2-20(24(28)29)26-21-10-6-5-9-18(21)19-15-17(12-13-22(19)26)25-23(27)14-11-16-7-3-4-8-16/h5-6,9-10,16-17,20H,2-4,7-8,11-15H2,1H3,(H,25,27)(H,28,29)/t17-,20?/m1/s1. The lowest BCUT2D eigenvalue weighted by Gasteiger charge is -2.26. The van der Waals surface area contributed by atoms with Crippen LogP contribution in [-0.4, -0.2) is 27.6 Å². The van der Waals surface area contributed by atoms with Crippen LogP contribution < -0.4 is 5.32 Å². The number of benzene rings is 1. The van der Waals surface area contributed by atoms with Gasteiger partial charge < -0.3 is 15.0 Å². The Morgan fingerprint density at radius 2 is 1.97 bits per heavy atom. The lowest BCUT2D eigenvalue weighted by molar-refractivity contribution is -0.141. The van der Waals surface area contributed by atoms with Crippen molar-refractivity contribution in [2.75, 3.05) is 0 Å². The van der Waals surface area contributed by atoms with Crippen LogP contribution in [0, 0.1) is 5.92 Å². The number of nitrogens with one attached hydrogen (secondary N) is 1. The predicted molar refractivity (Wildman–Crippen MR) is 114 cm³/mol. The Kier molecular flexibility index (Phi) is 5.93. The minimum Gasteiger partial charge on any atom is -0.480 e. The fourth-order valence-corrected chi connectivity index (χ4v) is 5.42. The second-order valence-corrected chi connectivity index (χ2v) is 8.77. The van der Waals surface area contributed by atoms with Gasteiger partial charge in [-0.15, -0.1) is 0 Å². The van der Waals surface area contributed by atoms with E-state index in [9.17, 15) is 14.7 Å². The highest BCUT2D eigenvalue weighted by atomic mass is 16.4. The second kappa shape index (κ2) is 8.60. The Morgan fingerprint density at radius 3 is 2.69 bits per heavy atom. The fraction of sp³-hybridized carbons (Fsp3) is 0.583. The van der Waals surface area contributed by atoms with Crippen molar-refractivity contribution in [2.45, 2.75) is 83.2 Å². The summed E-state index contributed by atoms with van der Waals surface area (Å²) in [4.78, 5) is 24.4. The molecule has 2 N–H and O–H groups in total. The van der Waals surface area contributed by atoms with Crippen molar-refractivity contribution in [3.05, 3.63) is 35.5 Å². The van der Waals surface area contributed by atoms with E-state index in [0.29, 0.717) is 12.8 Å². The van der Waals surface area contributed by atoms with Gasteiger partial charge in [-0.05, 0) is 49.7 Å². The number of carboxylic acid groups (broad SMARTS) is 1. The maximum absolute atomic E-state index is 12.5. The topological polar surface area (TPSA) is 71.3 Å². The predicted octanol–water partition coefficient (Wildman–Crippen LogP) is 4.62. The quantitative estimate of drug-likeness (QED) is 0.717. The van der Waals surface area contributed by atoms with Gasteiger partial charge in [0.2, 0.25) is 5.91 Å². The molecule has 5 heteroatoms. The van der Waals surface area contributed by atoms with Crippen LogP contribution in [0.2, 0.25) is 0 Å². The fourth-order valence-electron chi connectivity index (χ4n) is 5.42. The number of aromatic nitrogens is 1. The normalized spacial score (nSPS) is 20.5. The van der Waals surface area contributed by atoms with E-state index in [2.05, 4.69) is 11.4 Å². The monoisotopic (exact) mass is 396 g/mol. The molecule has 0 bridgehead atoms. The molecule has 2 aliphatic carbocycles. The lowest BCUT2D eigenvalue weighted by atomic mass is 9.91. The molecule has 0 aliphatic heterocycles. The Hall–Kier alpha value is -2.30. The highest BCUT2D eigenvalue weighted by molar-refractivity contribution is 5.88. The molecule has 5 nitrogen and oxygen atoms in total. The van der Waals surface area contributed by atoms with Crippen LogP contribution >= 0.6 is 0 Å². The van der Waals surface area contributed by atoms with E-state index in [1.54, 1.807) is 0 Å². The molecule has 1 fully saturated rings. The van der Waals surface area contributed by atoms with Gasteiger partial charge in [0.25, 0.3) is 0 Å². The molecule has 2 atom stereocenters. The molecular weight excluding hydrogens is 364 g/mol. The van der Waals surface area contributed by atoms with Crippen molar-refractivity contribution >= 4 is 22.8 Å². The molecule has 1 aromatic heterocycles. The minimum atomic E-state index is -0.779. The summed E-state index contributed by atoms with van der Waals surface area (Å²) in [7, 11) is 0. The summed E-state index contributed by atoms with van der Waals surface area (Å²) in [5, 5.41) is 14.1. The first-order valence-corrected chi connectivity index (χ1v) is 11.2. The van der Waals surface area contributed by atoms with Crippen molar-refractivity contribution in [2.24, 2.45) is 5.92 Å². The number of amides is 1. The van der Waals surface area contributed by atoms with Crippen LogP contribution in [0.4, 0.5) is 0 Å². The first-order valence-electron chi connectivity index (χ1n) is 11.2. The van der Waals surface area contributed by atoms with Gasteiger partial charge in [-0.1, -0.05) is 50.8 Å². The van der Waals surface area contributed by atoms with Gasteiger partial charge in [0.15, 0.2) is 0 Å². The molecule has 156 valence electrons. The summed E-state index contributed by atoms with van der Waals surface area (Å²) in [5.41, 5.74) is 3.35. The molecule has 1 aromatic carbocycles. The summed E-state index contributed by atoms with van der Waals surface area (Å²) < 4.78 is 2.03. The molecule has 1 amide bonds. The average molecular weight is 397 g/mol. The smallest absolute Gasteiger partial charge is 0.326 e. The molecule has 2 aromatic rings. The first-order chi connectivity index (χ1) is 14.1. The Morgan fingerprint density at radius 1 is 1.21 bits per heavy atom. The zero-order valence-corrected chi connectivity index (χ0v) is 17.3. The van der Waals surface area contributed by atoms with Crippen LogP contribution in [-0.2, 0) is 22.4 Å². The Bertz CT molecular complexity index is 895. The van der Waals surface area contributed by atoms with Crippen LogP contribution in [0.15, 0.2) is 24.3 Å². The largest absolute Gasteiger partial charge is 0.480 e. The highest BCUT2D eigenvalue weighted by Crippen LogP contribution is 2.35. The van der Waals surface area contributed by atoms with E-state index >= 15 is 0 Å². The number of para-hydroxylation sites is 1. The van der Waals surface area contributed by atoms with Gasteiger partial charge in [0.05, 0.1) is 0 Å². The average Bonchev–Trinajstić information content (AvgIpc) is 3.34. The Balaban J connectivity index is 1.51. The summed E-state index contributed by atoms with van der Waals surface area (Å²) >= 11 is 0. The SMILES string of the molecule is CCC(C(=O)O)n1c2c(c3ccccc31)C[C@H](NC(=O)CCC1CCCC1)CC2. The van der Waals surface area contributed by atoms with Gasteiger partial charge in [-0.3, -0.25) is 4.79 Å². The van der Waals surface area contributed by atoms with Gasteiger partial charge in [0, 0.05) is 29.1 Å². The summed E-state index contributed by atoms with van der Waals surface area (Å²) in [6, 6.07) is 7.70. The number of carbonyl (C=O) groups is 2. The van der Waals surface area contributed by atoms with Crippen molar-refractivity contribution in [1.29, 1.82) is 0 Å². The molecule has 2 aliphatic rings. The number of hydrogen-bond donors (Lipinski definition) is 2. The maximum atomic E-state index is 12.5. The third-order valence-corrected chi connectivity index (χ3v) is 6.91. The molecule has 0 saturated heterocycles. The highest BCUT2D eigenvalue weighted by Gasteiger charge is 2.30. The molecule has 0 radical (unpaired) electrons. The molecule has 4 rings (SSSR count). The van der Waals surface area contributed by atoms with E-state index in [0.717, 1.165) is 48.2 Å². The molecule has 0 spiro atoms. The molecule has 1 saturated carbocycles. The van der Waals surface area contributed by atoms with Gasteiger partial charge in [-0.2, -0.15) is 0 Å². The van der Waals surface area contributed by atoms with Crippen LogP contribution in [0.1, 0.15) is 75.6 Å². The van der Waals surface area contributed by atoms with E-state index < -0.39 is 12.0 Å². The van der Waals surface area contributed by atoms with Crippen molar-refractivity contribution in [3.8, 4) is 0 Å². The van der Waals surface area contributed by atoms with E-state index in [1.165, 1.54) is 31.2 Å². The zero-order valence-electron chi connectivity index (χ0n) is 17.3. The molecule has 1 unspecified atom stereocenters. The summed E-state index contributed by atoms with van der Waals surface area (Å²) in [6.07, 6.45) is 9.86. The maximum Gasteiger partial charge on any atom is 0.326 e. The van der Waals surface area contributed by atoms with E-state index in [1.807, 2.05) is 29.7 Å². The number of carboxylic acids is 1. The third-order valence-electron chi connectivity index (χ3n) is 6.91. The molecule has 29 heavy (non-hydrogen) atoms.